The molecule has 2 aliphatic rings. The van der Waals surface area contributed by atoms with Gasteiger partial charge in [0.2, 0.25) is 0 Å². The van der Waals surface area contributed by atoms with Crippen molar-refractivity contribution in [3.05, 3.63) is 12.2 Å². The summed E-state index contributed by atoms with van der Waals surface area (Å²) in [6.45, 7) is 7.96. The normalized spacial score (nSPS) is 42.5. The van der Waals surface area contributed by atoms with Gasteiger partial charge in [0.15, 0.2) is 0 Å². The van der Waals surface area contributed by atoms with Crippen molar-refractivity contribution in [2.24, 2.45) is 16.7 Å². The van der Waals surface area contributed by atoms with Crippen LogP contribution < -0.4 is 0 Å². The fraction of sp³-hybridized carbons (Fsp3) is 0.700. The second-order valence-electron chi connectivity index (χ2n) is 4.53. The molecule has 0 aromatic rings. The molecule has 0 aromatic carbocycles. The van der Waals surface area contributed by atoms with Crippen LogP contribution in [0.15, 0.2) is 12.2 Å². The number of rotatable bonds is 1. The van der Waals surface area contributed by atoms with E-state index in [4.69, 9.17) is 5.11 Å². The Hall–Kier alpha value is -0.790. The molecule has 0 bridgehead atoms. The molecular weight excluding hydrogens is 152 g/mol. The van der Waals surface area contributed by atoms with Crippen molar-refractivity contribution in [1.82, 2.24) is 0 Å². The SMILES string of the molecule is C=C1CCC2C(C)(C)C12C(=O)O. The van der Waals surface area contributed by atoms with E-state index in [0.29, 0.717) is 5.92 Å². The van der Waals surface area contributed by atoms with Gasteiger partial charge in [-0.2, -0.15) is 0 Å². The van der Waals surface area contributed by atoms with Gasteiger partial charge >= 0.3 is 5.97 Å². The van der Waals surface area contributed by atoms with Crippen molar-refractivity contribution < 1.29 is 9.90 Å². The zero-order chi connectivity index (χ0) is 9.15. The summed E-state index contributed by atoms with van der Waals surface area (Å²) in [4.78, 5) is 11.1. The summed E-state index contributed by atoms with van der Waals surface area (Å²) >= 11 is 0. The first kappa shape index (κ1) is 7.84. The second kappa shape index (κ2) is 1.76. The lowest BCUT2D eigenvalue weighted by atomic mass is 9.88. The smallest absolute Gasteiger partial charge is 0.314 e. The van der Waals surface area contributed by atoms with Gasteiger partial charge in [0.25, 0.3) is 0 Å². The Bertz CT molecular complexity index is 278. The predicted molar refractivity (Wildman–Crippen MR) is 45.7 cm³/mol. The van der Waals surface area contributed by atoms with E-state index in [-0.39, 0.29) is 5.41 Å². The standard InChI is InChI=1S/C10H14O2/c1-6-4-5-7-9(2,3)10(6,7)8(11)12/h7H,1,4-5H2,2-3H3,(H,11,12). The van der Waals surface area contributed by atoms with E-state index in [9.17, 15) is 4.79 Å². The van der Waals surface area contributed by atoms with Crippen LogP contribution in [0.5, 0.6) is 0 Å². The predicted octanol–water partition coefficient (Wildman–Crippen LogP) is 2.06. The zero-order valence-corrected chi connectivity index (χ0v) is 7.55. The van der Waals surface area contributed by atoms with Crippen molar-refractivity contribution in [2.45, 2.75) is 26.7 Å². The first-order valence-corrected chi connectivity index (χ1v) is 4.37. The van der Waals surface area contributed by atoms with Crippen molar-refractivity contribution in [3.8, 4) is 0 Å². The molecule has 0 aliphatic heterocycles. The van der Waals surface area contributed by atoms with Crippen LogP contribution in [0.25, 0.3) is 0 Å². The molecule has 2 unspecified atom stereocenters. The van der Waals surface area contributed by atoms with E-state index in [1.165, 1.54) is 0 Å². The summed E-state index contributed by atoms with van der Waals surface area (Å²) in [5.74, 6) is -0.324. The molecular formula is C10H14O2. The third-order valence-electron chi connectivity index (χ3n) is 3.96. The Morgan fingerprint density at radius 3 is 2.50 bits per heavy atom. The molecule has 0 saturated heterocycles. The van der Waals surface area contributed by atoms with E-state index >= 15 is 0 Å². The van der Waals surface area contributed by atoms with Crippen LogP contribution in [0, 0.1) is 16.7 Å². The van der Waals surface area contributed by atoms with Gasteiger partial charge in [-0.3, -0.25) is 4.79 Å². The summed E-state index contributed by atoms with van der Waals surface area (Å²) < 4.78 is 0. The van der Waals surface area contributed by atoms with Crippen molar-refractivity contribution in [1.29, 1.82) is 0 Å². The molecule has 66 valence electrons. The molecule has 2 rings (SSSR count). The molecule has 2 nitrogen and oxygen atoms in total. The topological polar surface area (TPSA) is 37.3 Å². The molecule has 2 saturated carbocycles. The van der Waals surface area contributed by atoms with E-state index in [2.05, 4.69) is 6.58 Å². The molecule has 2 atom stereocenters. The fourth-order valence-corrected chi connectivity index (χ4v) is 3.24. The van der Waals surface area contributed by atoms with Crippen LogP contribution in [0.3, 0.4) is 0 Å². The lowest BCUT2D eigenvalue weighted by Crippen LogP contribution is -2.21. The number of fused-ring (bicyclic) bond motifs is 1. The minimum absolute atomic E-state index is 0.0475. The Balaban J connectivity index is 2.46. The van der Waals surface area contributed by atoms with Crippen LogP contribution in [-0.2, 0) is 4.79 Å². The second-order valence-corrected chi connectivity index (χ2v) is 4.53. The minimum Gasteiger partial charge on any atom is -0.481 e. The van der Waals surface area contributed by atoms with E-state index in [1.807, 2.05) is 13.8 Å². The lowest BCUT2D eigenvalue weighted by Gasteiger charge is -2.16. The Morgan fingerprint density at radius 1 is 1.67 bits per heavy atom. The first-order valence-electron chi connectivity index (χ1n) is 4.37. The number of carbonyl (C=O) groups is 1. The van der Waals surface area contributed by atoms with Gasteiger partial charge in [-0.1, -0.05) is 26.0 Å². The van der Waals surface area contributed by atoms with Crippen LogP contribution in [0.2, 0.25) is 0 Å². The number of hydrogen-bond acceptors (Lipinski definition) is 1. The van der Waals surface area contributed by atoms with E-state index in [1.54, 1.807) is 0 Å². The van der Waals surface area contributed by atoms with Crippen LogP contribution in [-0.4, -0.2) is 11.1 Å². The van der Waals surface area contributed by atoms with E-state index in [0.717, 1.165) is 18.4 Å². The van der Waals surface area contributed by atoms with Gasteiger partial charge in [-0.25, -0.2) is 0 Å². The molecule has 2 heteroatoms. The summed E-state index contributed by atoms with van der Waals surface area (Å²) in [5, 5.41) is 9.16. The molecule has 0 aromatic heterocycles. The van der Waals surface area contributed by atoms with Crippen LogP contribution in [0.1, 0.15) is 26.7 Å². The van der Waals surface area contributed by atoms with Gasteiger partial charge in [0.05, 0.1) is 5.41 Å². The quantitative estimate of drug-likeness (QED) is 0.605. The molecule has 0 spiro atoms. The molecule has 2 fully saturated rings. The lowest BCUT2D eigenvalue weighted by molar-refractivity contribution is -0.143. The maximum absolute atomic E-state index is 11.1. The molecule has 12 heavy (non-hydrogen) atoms. The Labute approximate surface area is 72.3 Å². The molecule has 0 heterocycles. The number of carboxylic acid groups (broad SMARTS) is 1. The fourth-order valence-electron chi connectivity index (χ4n) is 3.24. The van der Waals surface area contributed by atoms with Crippen LogP contribution in [0.4, 0.5) is 0 Å². The highest BCUT2D eigenvalue weighted by atomic mass is 16.4. The van der Waals surface area contributed by atoms with E-state index < -0.39 is 11.4 Å². The van der Waals surface area contributed by atoms with Crippen molar-refractivity contribution >= 4 is 5.97 Å². The maximum atomic E-state index is 11.1. The third kappa shape index (κ3) is 0.501. The van der Waals surface area contributed by atoms with Crippen molar-refractivity contribution in [2.75, 3.05) is 0 Å². The average Bonchev–Trinajstić information content (AvgIpc) is 2.31. The molecule has 1 N–H and O–H groups in total. The monoisotopic (exact) mass is 166 g/mol. The van der Waals surface area contributed by atoms with Gasteiger partial charge < -0.3 is 5.11 Å². The zero-order valence-electron chi connectivity index (χ0n) is 7.55. The van der Waals surface area contributed by atoms with Gasteiger partial charge in [0, 0.05) is 0 Å². The average molecular weight is 166 g/mol. The summed E-state index contributed by atoms with van der Waals surface area (Å²) in [7, 11) is 0. The minimum atomic E-state index is -0.667. The summed E-state index contributed by atoms with van der Waals surface area (Å²) in [5.41, 5.74) is 0.325. The van der Waals surface area contributed by atoms with Gasteiger partial charge in [0.1, 0.15) is 0 Å². The highest BCUT2D eigenvalue weighted by molar-refractivity contribution is 5.86. The Kier molecular flexibility index (Phi) is 1.15. The summed E-state index contributed by atoms with van der Waals surface area (Å²) in [6.07, 6.45) is 1.92. The number of aliphatic carboxylic acids is 1. The first-order chi connectivity index (χ1) is 5.45. The number of carboxylic acids is 1. The molecule has 0 radical (unpaired) electrons. The van der Waals surface area contributed by atoms with Crippen LogP contribution >= 0.6 is 0 Å². The number of hydrogen-bond donors (Lipinski definition) is 1. The highest BCUT2D eigenvalue weighted by Crippen LogP contribution is 2.78. The molecule has 0 amide bonds. The Morgan fingerprint density at radius 2 is 2.25 bits per heavy atom. The third-order valence-corrected chi connectivity index (χ3v) is 3.96. The highest BCUT2D eigenvalue weighted by Gasteiger charge is 2.78. The largest absolute Gasteiger partial charge is 0.481 e. The summed E-state index contributed by atoms with van der Waals surface area (Å²) in [6, 6.07) is 0. The van der Waals surface area contributed by atoms with Crippen molar-refractivity contribution in [3.63, 3.8) is 0 Å². The van der Waals surface area contributed by atoms with Gasteiger partial charge in [-0.05, 0) is 24.2 Å². The van der Waals surface area contributed by atoms with Gasteiger partial charge in [-0.15, -0.1) is 0 Å². The molecule has 2 aliphatic carbocycles. The maximum Gasteiger partial charge on any atom is 0.314 e.